The molecular formula is C76H135NO8. The lowest BCUT2D eigenvalue weighted by atomic mass is 9.99. The molecule has 0 aromatic carbocycles. The maximum Gasteiger partial charge on any atom is 0.220 e. The molecule has 0 aromatic heterocycles. The number of rotatable bonds is 62. The minimum absolute atomic E-state index is 0.138. The first-order valence-corrected chi connectivity index (χ1v) is 35.9. The number of hydrogen-bond acceptors (Lipinski definition) is 8. The van der Waals surface area contributed by atoms with Crippen LogP contribution in [0.15, 0.2) is 97.2 Å². The van der Waals surface area contributed by atoms with Crippen LogP contribution in [0.25, 0.3) is 0 Å². The lowest BCUT2D eigenvalue weighted by molar-refractivity contribution is -0.302. The van der Waals surface area contributed by atoms with Gasteiger partial charge in [-0.2, -0.15) is 0 Å². The van der Waals surface area contributed by atoms with Gasteiger partial charge in [-0.05, 0) is 77.0 Å². The minimum atomic E-state index is -1.56. The Morgan fingerprint density at radius 1 is 0.412 bits per heavy atom. The molecule has 0 saturated carbocycles. The molecule has 1 heterocycles. The fraction of sp³-hybridized carbons (Fsp3) is 0.776. The van der Waals surface area contributed by atoms with Crippen molar-refractivity contribution in [3.63, 3.8) is 0 Å². The third-order valence-electron chi connectivity index (χ3n) is 16.7. The van der Waals surface area contributed by atoms with E-state index in [2.05, 4.69) is 116 Å². The van der Waals surface area contributed by atoms with Crippen LogP contribution in [0, 0.1) is 0 Å². The minimum Gasteiger partial charge on any atom is -0.394 e. The van der Waals surface area contributed by atoms with E-state index in [0.29, 0.717) is 12.8 Å². The maximum atomic E-state index is 13.2. The molecule has 9 nitrogen and oxygen atoms in total. The van der Waals surface area contributed by atoms with E-state index in [-0.39, 0.29) is 12.5 Å². The van der Waals surface area contributed by atoms with Crippen LogP contribution >= 0.6 is 0 Å². The molecule has 0 aliphatic carbocycles. The molecule has 1 saturated heterocycles. The van der Waals surface area contributed by atoms with Crippen LogP contribution in [-0.4, -0.2) is 87.5 Å². The predicted octanol–water partition coefficient (Wildman–Crippen LogP) is 19.9. The summed E-state index contributed by atoms with van der Waals surface area (Å²) in [6.07, 6.45) is 86.2. The molecule has 0 spiro atoms. The Morgan fingerprint density at radius 3 is 1.08 bits per heavy atom. The van der Waals surface area contributed by atoms with E-state index < -0.39 is 49.5 Å². The van der Waals surface area contributed by atoms with Gasteiger partial charge in [-0.25, -0.2) is 0 Å². The Morgan fingerprint density at radius 2 is 0.729 bits per heavy atom. The first-order valence-electron chi connectivity index (χ1n) is 35.9. The Bertz CT molecular complexity index is 1670. The van der Waals surface area contributed by atoms with E-state index in [0.717, 1.165) is 89.9 Å². The van der Waals surface area contributed by atoms with E-state index in [9.17, 15) is 30.3 Å². The van der Waals surface area contributed by atoms with Gasteiger partial charge in [0.15, 0.2) is 6.29 Å². The number of unbranched alkanes of at least 4 members (excludes halogenated alkanes) is 36. The van der Waals surface area contributed by atoms with Crippen molar-refractivity contribution in [3.05, 3.63) is 97.2 Å². The fourth-order valence-electron chi connectivity index (χ4n) is 11.1. The van der Waals surface area contributed by atoms with Gasteiger partial charge in [-0.15, -0.1) is 0 Å². The molecule has 0 bridgehead atoms. The second-order valence-corrected chi connectivity index (χ2v) is 24.7. The highest BCUT2D eigenvalue weighted by Crippen LogP contribution is 2.24. The van der Waals surface area contributed by atoms with Gasteiger partial charge in [0.05, 0.1) is 25.4 Å². The fourth-order valence-corrected chi connectivity index (χ4v) is 11.1. The molecule has 1 fully saturated rings. The second-order valence-electron chi connectivity index (χ2n) is 24.7. The number of nitrogens with one attached hydrogen (secondary N) is 1. The highest BCUT2D eigenvalue weighted by atomic mass is 16.7. The number of carbonyl (C=O) groups is 1. The lowest BCUT2D eigenvalue weighted by Crippen LogP contribution is -2.60. The molecule has 1 aliphatic heterocycles. The highest BCUT2D eigenvalue weighted by Gasteiger charge is 2.44. The smallest absolute Gasteiger partial charge is 0.220 e. The largest absolute Gasteiger partial charge is 0.394 e. The van der Waals surface area contributed by atoms with Gasteiger partial charge < -0.3 is 40.3 Å². The van der Waals surface area contributed by atoms with E-state index >= 15 is 0 Å². The number of ether oxygens (including phenoxy) is 2. The van der Waals surface area contributed by atoms with Crippen LogP contribution in [0.3, 0.4) is 0 Å². The van der Waals surface area contributed by atoms with Gasteiger partial charge in [0.25, 0.3) is 0 Å². The molecule has 1 amide bonds. The summed E-state index contributed by atoms with van der Waals surface area (Å²) in [5, 5.41) is 54.9. The zero-order valence-corrected chi connectivity index (χ0v) is 55.1. The molecule has 9 heteroatoms. The van der Waals surface area contributed by atoms with Gasteiger partial charge in [-0.3, -0.25) is 4.79 Å². The van der Waals surface area contributed by atoms with Crippen molar-refractivity contribution in [2.24, 2.45) is 0 Å². The van der Waals surface area contributed by atoms with Crippen molar-refractivity contribution >= 4 is 5.91 Å². The monoisotopic (exact) mass is 1190 g/mol. The maximum absolute atomic E-state index is 13.2. The number of allylic oxidation sites excluding steroid dienone is 16. The van der Waals surface area contributed by atoms with Crippen molar-refractivity contribution < 1.29 is 39.8 Å². The molecule has 7 atom stereocenters. The molecule has 85 heavy (non-hydrogen) atoms. The van der Waals surface area contributed by atoms with Crippen LogP contribution in [-0.2, 0) is 14.3 Å². The summed E-state index contributed by atoms with van der Waals surface area (Å²) in [6, 6.07) is -0.724. The summed E-state index contributed by atoms with van der Waals surface area (Å²) in [6.45, 7) is 3.76. The van der Waals surface area contributed by atoms with E-state index in [1.54, 1.807) is 0 Å². The number of hydrogen-bond donors (Lipinski definition) is 6. The Balaban J connectivity index is 2.08. The molecular weight excluding hydrogens is 1050 g/mol. The first kappa shape index (κ1) is 80.1. The van der Waals surface area contributed by atoms with E-state index in [1.165, 1.54) is 205 Å². The van der Waals surface area contributed by atoms with Gasteiger partial charge in [-0.1, -0.05) is 336 Å². The average Bonchev–Trinajstić information content (AvgIpc) is 3.68. The summed E-state index contributed by atoms with van der Waals surface area (Å²) < 4.78 is 11.4. The van der Waals surface area contributed by atoms with E-state index in [4.69, 9.17) is 9.47 Å². The van der Waals surface area contributed by atoms with E-state index in [1.807, 2.05) is 0 Å². The molecule has 1 aliphatic rings. The van der Waals surface area contributed by atoms with Crippen LogP contribution in [0.1, 0.15) is 322 Å². The number of aliphatic hydroxyl groups is 5. The quantitative estimate of drug-likeness (QED) is 0.0261. The molecule has 492 valence electrons. The summed E-state index contributed by atoms with van der Waals surface area (Å²) in [5.74, 6) is -0.142. The van der Waals surface area contributed by atoms with Gasteiger partial charge >= 0.3 is 0 Å². The van der Waals surface area contributed by atoms with Gasteiger partial charge in [0, 0.05) is 6.42 Å². The third kappa shape index (κ3) is 52.7. The van der Waals surface area contributed by atoms with Crippen LogP contribution < -0.4 is 5.32 Å². The lowest BCUT2D eigenvalue weighted by Gasteiger charge is -2.40. The van der Waals surface area contributed by atoms with Gasteiger partial charge in [0.2, 0.25) is 5.91 Å². The topological polar surface area (TPSA) is 149 Å². The van der Waals surface area contributed by atoms with Crippen LogP contribution in [0.2, 0.25) is 0 Å². The standard InChI is InChI=1S/C76H135NO8/c1-3-5-7-9-11-13-15-17-19-21-23-25-26-27-28-29-30-31-32-33-34-35-36-37-38-39-40-41-42-43-44-46-48-50-52-54-56-58-60-62-64-66-72(80)77-69(68-84-76-75(83)74(82)73(81)71(67-78)85-76)70(79)65-63-61-59-57-55-53-51-49-47-45-24-22-20-18-16-14-12-10-8-6-4-2/h5,7,11,13,17,19,23,25,27-28,30-31,33-34,36-37,69-71,73-76,78-79,81-83H,3-4,6,8-10,12,14-16,18,20-22,24,26,29,32,35,38-68H2,1-2H3,(H,77,80)/b7-5-,13-11-,19-17-,25-23-,28-27-,31-30-,34-33-,37-36-. The van der Waals surface area contributed by atoms with Crippen molar-refractivity contribution in [2.75, 3.05) is 13.2 Å². The SMILES string of the molecule is CC/C=C\C/C=C\C/C=C\C/C=C\C/C=C\C/C=C\C/C=C\C/C=C\CCCCCCCCCCCCCCCCCCC(=O)NC(COC1OC(CO)C(O)C(O)C1O)C(O)CCCCCCCCCCCCCCCCCCCCCCC. The molecule has 1 rings (SSSR count). The molecule has 6 N–H and O–H groups in total. The number of aliphatic hydroxyl groups excluding tert-OH is 5. The predicted molar refractivity (Wildman–Crippen MR) is 364 cm³/mol. The second kappa shape index (κ2) is 64.1. The molecule has 0 radical (unpaired) electrons. The van der Waals surface area contributed by atoms with Crippen molar-refractivity contribution in [1.29, 1.82) is 0 Å². The van der Waals surface area contributed by atoms with Crippen molar-refractivity contribution in [2.45, 2.75) is 365 Å². The number of carbonyl (C=O) groups excluding carboxylic acids is 1. The summed E-state index contributed by atoms with van der Waals surface area (Å²) in [7, 11) is 0. The van der Waals surface area contributed by atoms with Gasteiger partial charge in [0.1, 0.15) is 24.4 Å². The van der Waals surface area contributed by atoms with Crippen LogP contribution in [0.4, 0.5) is 0 Å². The Labute approximate surface area is 523 Å². The summed E-state index contributed by atoms with van der Waals surface area (Å²) >= 11 is 0. The Hall–Kier alpha value is -2.89. The first-order chi connectivity index (χ1) is 41.8. The normalized spacial score (nSPS) is 18.7. The zero-order valence-electron chi connectivity index (χ0n) is 55.1. The average molecular weight is 1190 g/mol. The molecule has 7 unspecified atom stereocenters. The highest BCUT2D eigenvalue weighted by molar-refractivity contribution is 5.76. The number of amides is 1. The van der Waals surface area contributed by atoms with Crippen molar-refractivity contribution in [3.8, 4) is 0 Å². The summed E-state index contributed by atoms with van der Waals surface area (Å²) in [4.78, 5) is 13.2. The van der Waals surface area contributed by atoms with Crippen molar-refractivity contribution in [1.82, 2.24) is 5.32 Å². The van der Waals surface area contributed by atoms with Crippen LogP contribution in [0.5, 0.6) is 0 Å². The third-order valence-corrected chi connectivity index (χ3v) is 16.7. The molecule has 0 aromatic rings. The summed E-state index contributed by atoms with van der Waals surface area (Å²) in [5.41, 5.74) is 0. The Kier molecular flexibility index (Phi) is 60.4. The zero-order chi connectivity index (χ0) is 61.4.